The Morgan fingerprint density at radius 1 is 1.67 bits per heavy atom. The van der Waals surface area contributed by atoms with Crippen LogP contribution in [-0.4, -0.2) is 38.9 Å². The lowest BCUT2D eigenvalue weighted by Crippen LogP contribution is -2.58. The molecule has 0 spiro atoms. The first-order valence-electron chi connectivity index (χ1n) is 5.65. The molecule has 0 aromatic rings. The minimum atomic E-state index is -0.349. The van der Waals surface area contributed by atoms with E-state index in [-0.39, 0.29) is 5.54 Å². The number of hydrogen-bond acceptors (Lipinski definition) is 4. The van der Waals surface area contributed by atoms with E-state index in [1.165, 1.54) is 0 Å². The first-order chi connectivity index (χ1) is 7.29. The summed E-state index contributed by atoms with van der Waals surface area (Å²) in [4.78, 5) is 0. The van der Waals surface area contributed by atoms with Gasteiger partial charge in [0.1, 0.15) is 5.54 Å². The van der Waals surface area contributed by atoms with Crippen molar-refractivity contribution in [2.45, 2.75) is 25.3 Å². The molecule has 86 valence electrons. The molecule has 0 saturated carbocycles. The number of hydrogen-bond donors (Lipinski definition) is 2. The summed E-state index contributed by atoms with van der Waals surface area (Å²) in [7, 11) is 1.68. The first kappa shape index (κ1) is 12.4. The van der Waals surface area contributed by atoms with E-state index in [9.17, 15) is 5.26 Å². The van der Waals surface area contributed by atoms with Crippen LogP contribution in [0.25, 0.3) is 0 Å². The van der Waals surface area contributed by atoms with Crippen LogP contribution in [0.1, 0.15) is 19.8 Å². The van der Waals surface area contributed by atoms with Gasteiger partial charge in [-0.05, 0) is 19.4 Å². The summed E-state index contributed by atoms with van der Waals surface area (Å²) >= 11 is 0. The van der Waals surface area contributed by atoms with Crippen molar-refractivity contribution < 1.29 is 4.74 Å². The zero-order valence-corrected chi connectivity index (χ0v) is 9.68. The van der Waals surface area contributed by atoms with Crippen molar-refractivity contribution in [3.05, 3.63) is 0 Å². The molecule has 1 rings (SSSR count). The summed E-state index contributed by atoms with van der Waals surface area (Å²) in [5.74, 6) is 0.396. The fourth-order valence-corrected chi connectivity index (χ4v) is 2.23. The van der Waals surface area contributed by atoms with Crippen molar-refractivity contribution in [1.82, 2.24) is 10.6 Å². The fraction of sp³-hybridized carbons (Fsp3) is 0.909. The third-order valence-corrected chi connectivity index (χ3v) is 3.22. The molecule has 1 saturated heterocycles. The molecule has 2 atom stereocenters. The van der Waals surface area contributed by atoms with Gasteiger partial charge in [-0.3, -0.25) is 5.32 Å². The Labute approximate surface area is 92.0 Å². The minimum absolute atomic E-state index is 0.349. The first-order valence-corrected chi connectivity index (χ1v) is 5.65. The molecular formula is C11H21N3O. The molecular weight excluding hydrogens is 190 g/mol. The zero-order valence-electron chi connectivity index (χ0n) is 9.68. The van der Waals surface area contributed by atoms with Crippen LogP contribution in [0.5, 0.6) is 0 Å². The van der Waals surface area contributed by atoms with Gasteiger partial charge in [-0.1, -0.05) is 6.92 Å². The Hall–Kier alpha value is -0.630. The van der Waals surface area contributed by atoms with E-state index in [4.69, 9.17) is 4.74 Å². The monoisotopic (exact) mass is 211 g/mol. The molecule has 0 aromatic carbocycles. The summed E-state index contributed by atoms with van der Waals surface area (Å²) in [5.41, 5.74) is -0.349. The molecule has 4 nitrogen and oxygen atoms in total. The molecule has 1 aliphatic heterocycles. The molecule has 0 aromatic heterocycles. The van der Waals surface area contributed by atoms with Gasteiger partial charge < -0.3 is 10.1 Å². The summed E-state index contributed by atoms with van der Waals surface area (Å²) in [6, 6.07) is 2.47. The Kier molecular flexibility index (Phi) is 5.03. The standard InChI is InChI=1S/C11H21N3O/c1-3-10-8-13-5-4-11(10,9-12)14-6-7-15-2/h10,13-14H,3-8H2,1-2H3. The maximum atomic E-state index is 9.36. The molecule has 2 unspecified atom stereocenters. The fourth-order valence-electron chi connectivity index (χ4n) is 2.23. The van der Waals surface area contributed by atoms with E-state index in [2.05, 4.69) is 23.6 Å². The Balaban J connectivity index is 2.58. The van der Waals surface area contributed by atoms with Gasteiger partial charge in [-0.25, -0.2) is 0 Å². The Morgan fingerprint density at radius 3 is 3.07 bits per heavy atom. The van der Waals surface area contributed by atoms with Gasteiger partial charge >= 0.3 is 0 Å². The molecule has 1 fully saturated rings. The molecule has 0 bridgehead atoms. The van der Waals surface area contributed by atoms with Gasteiger partial charge in [0.25, 0.3) is 0 Å². The van der Waals surface area contributed by atoms with Gasteiger partial charge in [-0.15, -0.1) is 0 Å². The number of nitriles is 1. The third-order valence-electron chi connectivity index (χ3n) is 3.22. The SMILES string of the molecule is CCC1CNCCC1(C#N)NCCOC. The zero-order chi connectivity index (χ0) is 11.1. The normalized spacial score (nSPS) is 31.1. The van der Waals surface area contributed by atoms with Gasteiger partial charge in [-0.2, -0.15) is 5.26 Å². The summed E-state index contributed by atoms with van der Waals surface area (Å²) < 4.78 is 5.00. The Morgan fingerprint density at radius 2 is 2.47 bits per heavy atom. The van der Waals surface area contributed by atoms with Crippen molar-refractivity contribution in [3.63, 3.8) is 0 Å². The number of piperidine rings is 1. The number of ether oxygens (including phenoxy) is 1. The van der Waals surface area contributed by atoms with E-state index < -0.39 is 0 Å². The molecule has 2 N–H and O–H groups in total. The van der Waals surface area contributed by atoms with Crippen LogP contribution in [-0.2, 0) is 4.74 Å². The second kappa shape index (κ2) is 6.06. The number of rotatable bonds is 5. The van der Waals surface area contributed by atoms with Crippen molar-refractivity contribution in [1.29, 1.82) is 5.26 Å². The van der Waals surface area contributed by atoms with Gasteiger partial charge in [0.2, 0.25) is 0 Å². The average molecular weight is 211 g/mol. The largest absolute Gasteiger partial charge is 0.383 e. The third kappa shape index (κ3) is 2.91. The van der Waals surface area contributed by atoms with Crippen molar-refractivity contribution in [3.8, 4) is 6.07 Å². The maximum absolute atomic E-state index is 9.36. The lowest BCUT2D eigenvalue weighted by molar-refractivity contribution is 0.161. The van der Waals surface area contributed by atoms with Crippen molar-refractivity contribution >= 4 is 0 Å². The highest BCUT2D eigenvalue weighted by Crippen LogP contribution is 2.26. The van der Waals surface area contributed by atoms with Crippen LogP contribution in [0.15, 0.2) is 0 Å². The van der Waals surface area contributed by atoms with Crippen molar-refractivity contribution in [2.24, 2.45) is 5.92 Å². The van der Waals surface area contributed by atoms with Gasteiger partial charge in [0.15, 0.2) is 0 Å². The van der Waals surface area contributed by atoms with Crippen LogP contribution in [0.4, 0.5) is 0 Å². The number of nitrogens with zero attached hydrogens (tertiary/aromatic N) is 1. The highest BCUT2D eigenvalue weighted by Gasteiger charge is 2.39. The minimum Gasteiger partial charge on any atom is -0.383 e. The smallest absolute Gasteiger partial charge is 0.112 e. The molecule has 0 amide bonds. The Bertz CT molecular complexity index is 226. The van der Waals surface area contributed by atoms with E-state index >= 15 is 0 Å². The second-order valence-corrected chi connectivity index (χ2v) is 4.06. The lowest BCUT2D eigenvalue weighted by Gasteiger charge is -2.39. The van der Waals surface area contributed by atoms with Gasteiger partial charge in [0, 0.05) is 26.1 Å². The van der Waals surface area contributed by atoms with Crippen LogP contribution >= 0.6 is 0 Å². The van der Waals surface area contributed by atoms with E-state index in [1.807, 2.05) is 0 Å². The molecule has 15 heavy (non-hydrogen) atoms. The molecule has 1 heterocycles. The van der Waals surface area contributed by atoms with Crippen LogP contribution in [0, 0.1) is 17.2 Å². The highest BCUT2D eigenvalue weighted by molar-refractivity contribution is 5.13. The summed E-state index contributed by atoms with van der Waals surface area (Å²) in [5, 5.41) is 16.1. The van der Waals surface area contributed by atoms with E-state index in [0.717, 1.165) is 32.5 Å². The summed E-state index contributed by atoms with van der Waals surface area (Å²) in [6.45, 7) is 5.41. The van der Waals surface area contributed by atoms with Crippen LogP contribution < -0.4 is 10.6 Å². The topological polar surface area (TPSA) is 57.1 Å². The molecule has 0 radical (unpaired) electrons. The van der Waals surface area contributed by atoms with Crippen LogP contribution in [0.3, 0.4) is 0 Å². The molecule has 0 aliphatic carbocycles. The van der Waals surface area contributed by atoms with E-state index in [1.54, 1.807) is 7.11 Å². The van der Waals surface area contributed by atoms with Crippen LogP contribution in [0.2, 0.25) is 0 Å². The maximum Gasteiger partial charge on any atom is 0.112 e. The quantitative estimate of drug-likeness (QED) is 0.650. The van der Waals surface area contributed by atoms with Gasteiger partial charge in [0.05, 0.1) is 12.7 Å². The predicted octanol–water partition coefficient (Wildman–Crippen LogP) is 0.504. The number of methoxy groups -OCH3 is 1. The second-order valence-electron chi connectivity index (χ2n) is 4.06. The predicted molar refractivity (Wildman–Crippen MR) is 59.5 cm³/mol. The highest BCUT2D eigenvalue weighted by atomic mass is 16.5. The molecule has 1 aliphatic rings. The van der Waals surface area contributed by atoms with Crippen molar-refractivity contribution in [2.75, 3.05) is 33.4 Å². The summed E-state index contributed by atoms with van der Waals surface area (Å²) in [6.07, 6.45) is 1.91. The molecule has 4 heteroatoms. The lowest BCUT2D eigenvalue weighted by atomic mass is 9.78. The van der Waals surface area contributed by atoms with E-state index in [0.29, 0.717) is 12.5 Å². The average Bonchev–Trinajstić information content (AvgIpc) is 2.30. The number of nitrogens with one attached hydrogen (secondary N) is 2.